The third-order valence-electron chi connectivity index (χ3n) is 2.21. The molecule has 0 saturated heterocycles. The van der Waals surface area contributed by atoms with Crippen LogP contribution >= 0.6 is 0 Å². The molecule has 4 heteroatoms. The third-order valence-corrected chi connectivity index (χ3v) is 2.21. The van der Waals surface area contributed by atoms with Crippen molar-refractivity contribution in [1.29, 1.82) is 0 Å². The van der Waals surface area contributed by atoms with Crippen LogP contribution in [0.15, 0.2) is 36.5 Å². The van der Waals surface area contributed by atoms with E-state index in [1.165, 1.54) is 6.07 Å². The summed E-state index contributed by atoms with van der Waals surface area (Å²) in [5.41, 5.74) is 7.55. The Hall–Kier alpha value is -2.10. The zero-order valence-electron chi connectivity index (χ0n) is 8.87. The lowest BCUT2D eigenvalue weighted by Crippen LogP contribution is -2.00. The molecule has 2 aromatic rings. The molecule has 1 aromatic carbocycles. The summed E-state index contributed by atoms with van der Waals surface area (Å²) in [4.78, 5) is 4.04. The van der Waals surface area contributed by atoms with Crippen molar-refractivity contribution >= 4 is 17.2 Å². The molecule has 0 amide bonds. The van der Waals surface area contributed by atoms with E-state index in [2.05, 4.69) is 10.3 Å². The Morgan fingerprint density at radius 3 is 2.88 bits per heavy atom. The van der Waals surface area contributed by atoms with Gasteiger partial charge in [-0.1, -0.05) is 6.07 Å². The Kier molecular flexibility index (Phi) is 2.72. The van der Waals surface area contributed by atoms with E-state index in [-0.39, 0.29) is 5.82 Å². The van der Waals surface area contributed by atoms with Gasteiger partial charge in [-0.25, -0.2) is 9.37 Å². The summed E-state index contributed by atoms with van der Waals surface area (Å²) in [6, 6.07) is 8.28. The van der Waals surface area contributed by atoms with Crippen molar-refractivity contribution in [1.82, 2.24) is 4.98 Å². The van der Waals surface area contributed by atoms with Crippen LogP contribution in [0, 0.1) is 12.7 Å². The highest BCUT2D eigenvalue weighted by molar-refractivity contribution is 5.68. The minimum Gasteiger partial charge on any atom is -0.396 e. The van der Waals surface area contributed by atoms with Crippen molar-refractivity contribution in [2.45, 2.75) is 6.92 Å². The van der Waals surface area contributed by atoms with E-state index >= 15 is 0 Å². The Balaban J connectivity index is 2.34. The molecular weight excluding hydrogens is 205 g/mol. The number of pyridine rings is 1. The van der Waals surface area contributed by atoms with Gasteiger partial charge >= 0.3 is 0 Å². The second-order valence-electron chi connectivity index (χ2n) is 3.55. The molecule has 3 nitrogen and oxygen atoms in total. The molecule has 0 radical (unpaired) electrons. The number of nitrogens with one attached hydrogen (secondary N) is 1. The van der Waals surface area contributed by atoms with Crippen LogP contribution < -0.4 is 11.1 Å². The van der Waals surface area contributed by atoms with Crippen molar-refractivity contribution in [2.24, 2.45) is 0 Å². The summed E-state index contributed by atoms with van der Waals surface area (Å²) in [6.07, 6.45) is 1.60. The Morgan fingerprint density at radius 2 is 2.12 bits per heavy atom. The molecule has 0 spiro atoms. The Morgan fingerprint density at radius 1 is 1.31 bits per heavy atom. The quantitative estimate of drug-likeness (QED) is 0.813. The van der Waals surface area contributed by atoms with E-state index in [0.717, 1.165) is 5.56 Å². The molecule has 0 saturated carbocycles. The molecule has 1 aromatic heterocycles. The predicted octanol–water partition coefficient (Wildman–Crippen LogP) is 2.85. The number of nitrogen functional groups attached to an aromatic ring is 1. The molecule has 0 aliphatic rings. The second kappa shape index (κ2) is 4.18. The summed E-state index contributed by atoms with van der Waals surface area (Å²) < 4.78 is 13.5. The standard InChI is InChI=1S/C12H12FN3/c1-8-4-5-9(13)11(7-8)16-12-10(14)3-2-6-15-12/h2-7H,14H2,1H3,(H,15,16). The van der Waals surface area contributed by atoms with Gasteiger partial charge in [-0.05, 0) is 36.8 Å². The average molecular weight is 217 g/mol. The lowest BCUT2D eigenvalue weighted by atomic mass is 10.2. The van der Waals surface area contributed by atoms with Crippen LogP contribution in [0.2, 0.25) is 0 Å². The van der Waals surface area contributed by atoms with Crippen molar-refractivity contribution < 1.29 is 4.39 Å². The molecule has 2 rings (SSSR count). The van der Waals surface area contributed by atoms with Crippen molar-refractivity contribution in [3.63, 3.8) is 0 Å². The molecule has 0 fully saturated rings. The smallest absolute Gasteiger partial charge is 0.153 e. The summed E-state index contributed by atoms with van der Waals surface area (Å²) in [5, 5.41) is 2.87. The zero-order chi connectivity index (χ0) is 11.5. The topological polar surface area (TPSA) is 50.9 Å². The van der Waals surface area contributed by atoms with Crippen LogP contribution in [-0.4, -0.2) is 4.98 Å². The number of nitrogens with two attached hydrogens (primary N) is 1. The van der Waals surface area contributed by atoms with Gasteiger partial charge in [0.25, 0.3) is 0 Å². The highest BCUT2D eigenvalue weighted by Gasteiger charge is 2.05. The molecule has 3 N–H and O–H groups in total. The molecule has 0 bridgehead atoms. The first-order valence-electron chi connectivity index (χ1n) is 4.90. The van der Waals surface area contributed by atoms with E-state index in [4.69, 9.17) is 5.73 Å². The first-order valence-corrected chi connectivity index (χ1v) is 4.90. The zero-order valence-corrected chi connectivity index (χ0v) is 8.87. The molecule has 1 heterocycles. The molecule has 16 heavy (non-hydrogen) atoms. The average Bonchev–Trinajstić information content (AvgIpc) is 2.27. The number of aromatic nitrogens is 1. The van der Waals surface area contributed by atoms with Crippen LogP contribution in [0.1, 0.15) is 5.56 Å². The number of benzene rings is 1. The molecule has 82 valence electrons. The fourth-order valence-electron chi connectivity index (χ4n) is 1.38. The third kappa shape index (κ3) is 2.11. The van der Waals surface area contributed by atoms with Gasteiger partial charge in [-0.3, -0.25) is 0 Å². The van der Waals surface area contributed by atoms with Gasteiger partial charge in [-0.15, -0.1) is 0 Å². The SMILES string of the molecule is Cc1ccc(F)c(Nc2ncccc2N)c1. The van der Waals surface area contributed by atoms with Crippen LogP contribution in [0.3, 0.4) is 0 Å². The largest absolute Gasteiger partial charge is 0.396 e. The maximum atomic E-state index is 13.5. The van der Waals surface area contributed by atoms with Crippen molar-refractivity contribution in [3.8, 4) is 0 Å². The number of anilines is 3. The number of halogens is 1. The van der Waals surface area contributed by atoms with Crippen LogP contribution in [0.25, 0.3) is 0 Å². The fourth-order valence-corrected chi connectivity index (χ4v) is 1.38. The highest BCUT2D eigenvalue weighted by Crippen LogP contribution is 2.23. The van der Waals surface area contributed by atoms with E-state index in [1.54, 1.807) is 30.5 Å². The van der Waals surface area contributed by atoms with E-state index in [9.17, 15) is 4.39 Å². The summed E-state index contributed by atoms with van der Waals surface area (Å²) >= 11 is 0. The van der Waals surface area contributed by atoms with Gasteiger partial charge in [0.2, 0.25) is 0 Å². The first kappa shape index (κ1) is 10.4. The van der Waals surface area contributed by atoms with Crippen LogP contribution in [0.5, 0.6) is 0 Å². The maximum absolute atomic E-state index is 13.5. The summed E-state index contributed by atoms with van der Waals surface area (Å²) in [6.45, 7) is 1.90. The monoisotopic (exact) mass is 217 g/mol. The van der Waals surface area contributed by atoms with Gasteiger partial charge in [0.1, 0.15) is 5.82 Å². The summed E-state index contributed by atoms with van der Waals surface area (Å²) in [5.74, 6) is 0.141. The van der Waals surface area contributed by atoms with Crippen molar-refractivity contribution in [2.75, 3.05) is 11.1 Å². The van der Waals surface area contributed by atoms with Gasteiger partial charge < -0.3 is 11.1 Å². The van der Waals surface area contributed by atoms with Gasteiger partial charge in [-0.2, -0.15) is 0 Å². The molecular formula is C12H12FN3. The normalized spacial score (nSPS) is 10.1. The molecule has 0 aliphatic carbocycles. The lowest BCUT2D eigenvalue weighted by Gasteiger charge is -2.09. The minimum absolute atomic E-state index is 0.323. The highest BCUT2D eigenvalue weighted by atomic mass is 19.1. The molecule has 0 aliphatic heterocycles. The van der Waals surface area contributed by atoms with Gasteiger partial charge in [0, 0.05) is 6.20 Å². The first-order chi connectivity index (χ1) is 7.66. The van der Waals surface area contributed by atoms with Crippen LogP contribution in [0.4, 0.5) is 21.6 Å². The molecule has 0 unspecified atom stereocenters. The molecule has 0 atom stereocenters. The van der Waals surface area contributed by atoms with E-state index in [1.807, 2.05) is 6.92 Å². The van der Waals surface area contributed by atoms with Gasteiger partial charge in [0.05, 0.1) is 11.4 Å². The number of nitrogens with zero attached hydrogens (tertiary/aromatic N) is 1. The number of hydrogen-bond donors (Lipinski definition) is 2. The second-order valence-corrected chi connectivity index (χ2v) is 3.55. The Labute approximate surface area is 93.1 Å². The van der Waals surface area contributed by atoms with Crippen LogP contribution in [-0.2, 0) is 0 Å². The van der Waals surface area contributed by atoms with E-state index in [0.29, 0.717) is 17.2 Å². The lowest BCUT2D eigenvalue weighted by molar-refractivity contribution is 0.631. The predicted molar refractivity (Wildman–Crippen MR) is 63.1 cm³/mol. The minimum atomic E-state index is -0.323. The number of rotatable bonds is 2. The van der Waals surface area contributed by atoms with E-state index < -0.39 is 0 Å². The fraction of sp³-hybridized carbons (Fsp3) is 0.0833. The number of aryl methyl sites for hydroxylation is 1. The maximum Gasteiger partial charge on any atom is 0.153 e. The number of hydrogen-bond acceptors (Lipinski definition) is 3. The van der Waals surface area contributed by atoms with Gasteiger partial charge in [0.15, 0.2) is 5.82 Å². The Bertz CT molecular complexity index is 511. The van der Waals surface area contributed by atoms with Crippen molar-refractivity contribution in [3.05, 3.63) is 47.9 Å². The summed E-state index contributed by atoms with van der Waals surface area (Å²) in [7, 11) is 0.